The largest absolute Gasteiger partial charge is 0.388 e. The van der Waals surface area contributed by atoms with Crippen molar-refractivity contribution in [3.05, 3.63) is 0 Å². The Morgan fingerprint density at radius 3 is 2.53 bits per heavy atom. The number of carbonyl (C=O) groups is 1. The smallest absolute Gasteiger partial charge is 0.226 e. The fourth-order valence-electron chi connectivity index (χ4n) is 3.04. The van der Waals surface area contributed by atoms with Crippen molar-refractivity contribution in [2.24, 2.45) is 5.41 Å². The maximum absolute atomic E-state index is 12.4. The third-order valence-corrected chi connectivity index (χ3v) is 4.81. The monoisotopic (exact) mass is 270 g/mol. The Morgan fingerprint density at radius 1 is 1.37 bits per heavy atom. The number of aliphatic hydroxyl groups excluding tert-OH is 1. The fourth-order valence-corrected chi connectivity index (χ4v) is 3.04. The Labute approximate surface area is 115 Å². The highest BCUT2D eigenvalue weighted by atomic mass is 16.5. The molecule has 5 nitrogen and oxygen atoms in total. The number of amides is 1. The number of hydrogen-bond donors (Lipinski definition) is 2. The Kier molecular flexibility index (Phi) is 4.48. The van der Waals surface area contributed by atoms with Crippen LogP contribution in [-0.4, -0.2) is 61.4 Å². The lowest BCUT2D eigenvalue weighted by Gasteiger charge is -2.37. The standard InChI is InChI=1S/C14H26N2O3/c1-14(6-8-16(2)9-7-14)13(18)15-10-4-5-11(19-3)12(10)17/h10-12,17H,4-9H2,1-3H3,(H,15,18)/t10-,11-,12-/m1/s1. The molecule has 0 aromatic heterocycles. The maximum atomic E-state index is 12.4. The second-order valence-corrected chi connectivity index (χ2v) is 6.29. The molecule has 1 saturated carbocycles. The van der Waals surface area contributed by atoms with Gasteiger partial charge in [0, 0.05) is 12.5 Å². The topological polar surface area (TPSA) is 61.8 Å². The van der Waals surface area contributed by atoms with Gasteiger partial charge in [0.15, 0.2) is 0 Å². The van der Waals surface area contributed by atoms with E-state index in [1.165, 1.54) is 0 Å². The van der Waals surface area contributed by atoms with Gasteiger partial charge in [-0.3, -0.25) is 4.79 Å². The first-order valence-corrected chi connectivity index (χ1v) is 7.16. The summed E-state index contributed by atoms with van der Waals surface area (Å²) in [5.74, 6) is 0.0846. The highest BCUT2D eigenvalue weighted by Crippen LogP contribution is 2.32. The Morgan fingerprint density at radius 2 is 2.00 bits per heavy atom. The van der Waals surface area contributed by atoms with Crippen LogP contribution in [0.4, 0.5) is 0 Å². The zero-order valence-corrected chi connectivity index (χ0v) is 12.2. The third-order valence-electron chi connectivity index (χ3n) is 4.81. The van der Waals surface area contributed by atoms with E-state index >= 15 is 0 Å². The van der Waals surface area contributed by atoms with E-state index in [4.69, 9.17) is 4.74 Å². The lowest BCUT2D eigenvalue weighted by atomic mass is 9.79. The average molecular weight is 270 g/mol. The number of carbonyl (C=O) groups excluding carboxylic acids is 1. The van der Waals surface area contributed by atoms with Crippen LogP contribution in [0.3, 0.4) is 0 Å². The minimum atomic E-state index is -0.580. The summed E-state index contributed by atoms with van der Waals surface area (Å²) < 4.78 is 5.21. The molecule has 5 heteroatoms. The van der Waals surface area contributed by atoms with Gasteiger partial charge in [-0.1, -0.05) is 6.92 Å². The summed E-state index contributed by atoms with van der Waals surface area (Å²) >= 11 is 0. The minimum Gasteiger partial charge on any atom is -0.388 e. The van der Waals surface area contributed by atoms with E-state index < -0.39 is 6.10 Å². The molecule has 0 spiro atoms. The van der Waals surface area contributed by atoms with E-state index in [9.17, 15) is 9.90 Å². The molecule has 3 atom stereocenters. The van der Waals surface area contributed by atoms with Gasteiger partial charge in [-0.25, -0.2) is 0 Å². The van der Waals surface area contributed by atoms with Gasteiger partial charge in [0.2, 0.25) is 5.91 Å². The lowest BCUT2D eigenvalue weighted by Crippen LogP contribution is -2.51. The number of ether oxygens (including phenoxy) is 1. The van der Waals surface area contributed by atoms with Gasteiger partial charge in [0.1, 0.15) is 6.10 Å². The molecule has 1 aliphatic heterocycles. The van der Waals surface area contributed by atoms with Crippen molar-refractivity contribution in [3.63, 3.8) is 0 Å². The second-order valence-electron chi connectivity index (χ2n) is 6.29. The number of methoxy groups -OCH3 is 1. The molecular weight excluding hydrogens is 244 g/mol. The van der Waals surface area contributed by atoms with E-state index in [0.717, 1.165) is 38.8 Å². The molecule has 1 aliphatic carbocycles. The predicted octanol–water partition coefficient (Wildman–Crippen LogP) is 0.373. The molecule has 0 aromatic carbocycles. The molecule has 110 valence electrons. The number of nitrogens with zero attached hydrogens (tertiary/aromatic N) is 1. The second kappa shape index (κ2) is 5.77. The molecule has 1 saturated heterocycles. The van der Waals surface area contributed by atoms with Crippen LogP contribution in [0.2, 0.25) is 0 Å². The van der Waals surface area contributed by atoms with Crippen molar-refractivity contribution in [2.75, 3.05) is 27.2 Å². The van der Waals surface area contributed by atoms with Crippen molar-refractivity contribution in [3.8, 4) is 0 Å². The van der Waals surface area contributed by atoms with Crippen molar-refractivity contribution in [2.45, 2.75) is 50.9 Å². The number of likely N-dealkylation sites (tertiary alicyclic amines) is 1. The summed E-state index contributed by atoms with van der Waals surface area (Å²) in [6, 6.07) is -0.158. The van der Waals surface area contributed by atoms with E-state index in [-0.39, 0.29) is 23.5 Å². The van der Waals surface area contributed by atoms with Gasteiger partial charge in [-0.15, -0.1) is 0 Å². The first-order chi connectivity index (χ1) is 8.96. The molecular formula is C14H26N2O3. The van der Waals surface area contributed by atoms with Crippen LogP contribution in [-0.2, 0) is 9.53 Å². The molecule has 2 fully saturated rings. The Bertz CT molecular complexity index is 327. The van der Waals surface area contributed by atoms with E-state index in [1.807, 2.05) is 6.92 Å². The Hall–Kier alpha value is -0.650. The molecule has 0 aromatic rings. The average Bonchev–Trinajstić information content (AvgIpc) is 2.74. The number of nitrogens with one attached hydrogen (secondary N) is 1. The summed E-state index contributed by atoms with van der Waals surface area (Å²) in [4.78, 5) is 14.7. The summed E-state index contributed by atoms with van der Waals surface area (Å²) in [7, 11) is 3.69. The van der Waals surface area contributed by atoms with Gasteiger partial charge in [-0.2, -0.15) is 0 Å². The first kappa shape index (κ1) is 14.8. The van der Waals surface area contributed by atoms with E-state index in [2.05, 4.69) is 17.3 Å². The van der Waals surface area contributed by atoms with Crippen LogP contribution in [0.1, 0.15) is 32.6 Å². The zero-order valence-electron chi connectivity index (χ0n) is 12.2. The van der Waals surface area contributed by atoms with Gasteiger partial charge in [0.05, 0.1) is 12.1 Å². The lowest BCUT2D eigenvalue weighted by molar-refractivity contribution is -0.134. The van der Waals surface area contributed by atoms with Crippen LogP contribution in [0, 0.1) is 5.41 Å². The zero-order chi connectivity index (χ0) is 14.0. The highest BCUT2D eigenvalue weighted by Gasteiger charge is 2.41. The highest BCUT2D eigenvalue weighted by molar-refractivity contribution is 5.82. The number of piperidine rings is 1. The summed E-state index contributed by atoms with van der Waals surface area (Å²) in [6.45, 7) is 3.94. The molecule has 1 heterocycles. The molecule has 0 bridgehead atoms. The van der Waals surface area contributed by atoms with Crippen LogP contribution in [0.15, 0.2) is 0 Å². The van der Waals surface area contributed by atoms with Crippen molar-refractivity contribution in [1.29, 1.82) is 0 Å². The number of rotatable bonds is 3. The van der Waals surface area contributed by atoms with Gasteiger partial charge in [-0.05, 0) is 45.8 Å². The summed E-state index contributed by atoms with van der Waals surface area (Å²) in [6.07, 6.45) is 2.64. The molecule has 2 aliphatic rings. The summed E-state index contributed by atoms with van der Waals surface area (Å²) in [5, 5.41) is 13.1. The normalized spacial score (nSPS) is 35.3. The van der Waals surface area contributed by atoms with E-state index in [1.54, 1.807) is 7.11 Å². The first-order valence-electron chi connectivity index (χ1n) is 7.16. The quantitative estimate of drug-likeness (QED) is 0.778. The SMILES string of the molecule is CO[C@@H]1CC[C@@H](NC(=O)C2(C)CCN(C)CC2)[C@H]1O. The molecule has 1 amide bonds. The van der Waals surface area contributed by atoms with Crippen LogP contribution < -0.4 is 5.32 Å². The van der Waals surface area contributed by atoms with Crippen LogP contribution in [0.25, 0.3) is 0 Å². The molecule has 2 rings (SSSR count). The van der Waals surface area contributed by atoms with Crippen LogP contribution >= 0.6 is 0 Å². The number of hydrogen-bond acceptors (Lipinski definition) is 4. The summed E-state index contributed by atoms with van der Waals surface area (Å²) in [5.41, 5.74) is -0.294. The van der Waals surface area contributed by atoms with Crippen molar-refractivity contribution < 1.29 is 14.6 Å². The van der Waals surface area contributed by atoms with Gasteiger partial charge in [0.25, 0.3) is 0 Å². The fraction of sp³-hybridized carbons (Fsp3) is 0.929. The van der Waals surface area contributed by atoms with Crippen LogP contribution in [0.5, 0.6) is 0 Å². The van der Waals surface area contributed by atoms with E-state index in [0.29, 0.717) is 0 Å². The maximum Gasteiger partial charge on any atom is 0.226 e. The third kappa shape index (κ3) is 3.09. The predicted molar refractivity (Wildman–Crippen MR) is 72.8 cm³/mol. The van der Waals surface area contributed by atoms with Crippen molar-refractivity contribution in [1.82, 2.24) is 10.2 Å². The van der Waals surface area contributed by atoms with Crippen molar-refractivity contribution >= 4 is 5.91 Å². The molecule has 19 heavy (non-hydrogen) atoms. The molecule has 0 unspecified atom stereocenters. The van der Waals surface area contributed by atoms with Gasteiger partial charge < -0.3 is 20.1 Å². The Balaban J connectivity index is 1.91. The molecule has 2 N–H and O–H groups in total. The molecule has 0 radical (unpaired) electrons. The minimum absolute atomic E-state index is 0.0846. The number of aliphatic hydroxyl groups is 1. The van der Waals surface area contributed by atoms with Gasteiger partial charge >= 0.3 is 0 Å².